The van der Waals surface area contributed by atoms with Crippen molar-refractivity contribution in [3.8, 4) is 0 Å². The van der Waals surface area contributed by atoms with Crippen molar-refractivity contribution in [2.45, 2.75) is 31.7 Å². The maximum absolute atomic E-state index is 11.2. The molecule has 1 aromatic rings. The number of hydrogen-bond donors (Lipinski definition) is 0. The van der Waals surface area contributed by atoms with Crippen LogP contribution in [0, 0.1) is 16.0 Å². The number of hydrogen-bond acceptors (Lipinski definition) is 3. The second-order valence-electron chi connectivity index (χ2n) is 5.11. The van der Waals surface area contributed by atoms with E-state index in [1.165, 1.54) is 5.56 Å². The Hall–Kier alpha value is -1.42. The molecule has 1 saturated heterocycles. The first-order chi connectivity index (χ1) is 8.66. The van der Waals surface area contributed by atoms with Crippen molar-refractivity contribution in [2.75, 3.05) is 13.2 Å². The minimum atomic E-state index is -0.877. The van der Waals surface area contributed by atoms with Crippen LogP contribution in [0.2, 0.25) is 0 Å². The average Bonchev–Trinajstić information content (AvgIpc) is 2.40. The van der Waals surface area contributed by atoms with E-state index in [4.69, 9.17) is 4.74 Å². The lowest BCUT2D eigenvalue weighted by Gasteiger charge is -2.33. The summed E-state index contributed by atoms with van der Waals surface area (Å²) in [5.41, 5.74) is 0.346. The third-order valence-corrected chi connectivity index (χ3v) is 3.81. The normalized spacial score (nSPS) is 27.9. The quantitative estimate of drug-likeness (QED) is 0.609. The molecule has 1 heterocycles. The maximum atomic E-state index is 11.2. The summed E-state index contributed by atoms with van der Waals surface area (Å²) in [4.78, 5) is 11.1. The highest BCUT2D eigenvalue weighted by Crippen LogP contribution is 2.31. The minimum absolute atomic E-state index is 0.149. The first-order valence-electron chi connectivity index (χ1n) is 6.42. The van der Waals surface area contributed by atoms with E-state index in [1.54, 1.807) is 0 Å². The Morgan fingerprint density at radius 2 is 2.17 bits per heavy atom. The zero-order valence-electron chi connectivity index (χ0n) is 10.7. The minimum Gasteiger partial charge on any atom is -0.374 e. The van der Waals surface area contributed by atoms with Crippen LogP contribution in [0.25, 0.3) is 0 Å². The van der Waals surface area contributed by atoms with Crippen molar-refractivity contribution in [1.29, 1.82) is 0 Å². The molecule has 1 aromatic carbocycles. The molecule has 0 spiro atoms. The highest BCUT2D eigenvalue weighted by atomic mass is 16.6. The molecule has 98 valence electrons. The highest BCUT2D eigenvalue weighted by molar-refractivity contribution is 5.15. The van der Waals surface area contributed by atoms with Gasteiger partial charge >= 0.3 is 0 Å². The van der Waals surface area contributed by atoms with Gasteiger partial charge in [0.2, 0.25) is 5.54 Å². The molecule has 1 aliphatic rings. The van der Waals surface area contributed by atoms with Crippen LogP contribution < -0.4 is 0 Å². The lowest BCUT2D eigenvalue weighted by atomic mass is 9.82. The van der Waals surface area contributed by atoms with Crippen molar-refractivity contribution in [2.24, 2.45) is 5.92 Å². The fourth-order valence-electron chi connectivity index (χ4n) is 2.65. The van der Waals surface area contributed by atoms with Gasteiger partial charge in [0.15, 0.2) is 0 Å². The summed E-state index contributed by atoms with van der Waals surface area (Å²) in [6.07, 6.45) is 2.01. The molecule has 2 rings (SSSR count). The first-order valence-corrected chi connectivity index (χ1v) is 6.42. The summed E-state index contributed by atoms with van der Waals surface area (Å²) in [5, 5.41) is 11.2. The van der Waals surface area contributed by atoms with Gasteiger partial charge in [-0.25, -0.2) is 0 Å². The van der Waals surface area contributed by atoms with Crippen LogP contribution >= 0.6 is 0 Å². The van der Waals surface area contributed by atoms with E-state index in [0.717, 1.165) is 6.42 Å². The van der Waals surface area contributed by atoms with Crippen LogP contribution in [0.4, 0.5) is 0 Å². The molecule has 0 radical (unpaired) electrons. The predicted octanol–water partition coefficient (Wildman–Crippen LogP) is 2.69. The predicted molar refractivity (Wildman–Crippen MR) is 69.1 cm³/mol. The van der Waals surface area contributed by atoms with Gasteiger partial charge in [-0.15, -0.1) is 0 Å². The van der Waals surface area contributed by atoms with Gasteiger partial charge in [-0.1, -0.05) is 37.3 Å². The molecule has 0 N–H and O–H groups in total. The highest BCUT2D eigenvalue weighted by Gasteiger charge is 2.46. The van der Waals surface area contributed by atoms with E-state index in [2.05, 4.69) is 12.1 Å². The smallest absolute Gasteiger partial charge is 0.245 e. The van der Waals surface area contributed by atoms with Gasteiger partial charge in [0.25, 0.3) is 0 Å². The Balaban J connectivity index is 2.05. The topological polar surface area (TPSA) is 52.4 Å². The maximum Gasteiger partial charge on any atom is 0.245 e. The molecule has 0 aliphatic carbocycles. The molecule has 4 nitrogen and oxygen atoms in total. The Labute approximate surface area is 107 Å². The molecule has 2 unspecified atom stereocenters. The molecule has 1 aliphatic heterocycles. The molecule has 0 saturated carbocycles. The first kappa shape index (κ1) is 13.0. The SMILES string of the molecule is CCC1([N+](=O)[O-])COCC(Cc2ccccc2)C1. The lowest BCUT2D eigenvalue weighted by Crippen LogP contribution is -2.48. The fourth-order valence-corrected chi connectivity index (χ4v) is 2.65. The van der Waals surface area contributed by atoms with E-state index >= 15 is 0 Å². The van der Waals surface area contributed by atoms with Gasteiger partial charge in [-0.05, 0) is 17.9 Å². The summed E-state index contributed by atoms with van der Waals surface area (Å²) in [6.45, 7) is 2.75. The van der Waals surface area contributed by atoms with Crippen LogP contribution in [0.3, 0.4) is 0 Å². The van der Waals surface area contributed by atoms with Crippen molar-refractivity contribution in [1.82, 2.24) is 0 Å². The molecule has 18 heavy (non-hydrogen) atoms. The average molecular weight is 249 g/mol. The summed E-state index contributed by atoms with van der Waals surface area (Å²) >= 11 is 0. The van der Waals surface area contributed by atoms with Gasteiger partial charge in [0.05, 0.1) is 6.61 Å². The number of rotatable bonds is 4. The van der Waals surface area contributed by atoms with Crippen molar-refractivity contribution in [3.05, 3.63) is 46.0 Å². The van der Waals surface area contributed by atoms with Crippen LogP contribution in [0.15, 0.2) is 30.3 Å². The van der Waals surface area contributed by atoms with Crippen LogP contribution in [0.5, 0.6) is 0 Å². The Kier molecular flexibility index (Phi) is 3.97. The van der Waals surface area contributed by atoms with Crippen molar-refractivity contribution in [3.63, 3.8) is 0 Å². The molecule has 4 heteroatoms. The van der Waals surface area contributed by atoms with Gasteiger partial charge in [0.1, 0.15) is 6.61 Å². The van der Waals surface area contributed by atoms with E-state index < -0.39 is 5.54 Å². The third kappa shape index (κ3) is 2.70. The fraction of sp³-hybridized carbons (Fsp3) is 0.571. The summed E-state index contributed by atoms with van der Waals surface area (Å²) in [5.74, 6) is 0.242. The summed E-state index contributed by atoms with van der Waals surface area (Å²) < 4.78 is 5.48. The largest absolute Gasteiger partial charge is 0.374 e. The van der Waals surface area contributed by atoms with Gasteiger partial charge in [-0.3, -0.25) is 10.1 Å². The lowest BCUT2D eigenvalue weighted by molar-refractivity contribution is -0.582. The number of ether oxygens (including phenoxy) is 1. The second-order valence-corrected chi connectivity index (χ2v) is 5.11. The van der Waals surface area contributed by atoms with E-state index in [0.29, 0.717) is 19.4 Å². The number of benzene rings is 1. The Bertz CT molecular complexity index is 407. The molecule has 0 amide bonds. The number of nitro groups is 1. The van der Waals surface area contributed by atoms with Crippen LogP contribution in [0.1, 0.15) is 25.3 Å². The Morgan fingerprint density at radius 1 is 1.44 bits per heavy atom. The molecule has 1 fully saturated rings. The standard InChI is InChI=1S/C14H19NO3/c1-2-14(15(16)17)9-13(10-18-11-14)8-12-6-4-3-5-7-12/h3-7,13H,2,8-11H2,1H3. The molecular weight excluding hydrogens is 230 g/mol. The zero-order chi connectivity index (χ0) is 13.0. The monoisotopic (exact) mass is 249 g/mol. The summed E-state index contributed by atoms with van der Waals surface area (Å²) in [6, 6.07) is 10.1. The Morgan fingerprint density at radius 3 is 2.78 bits per heavy atom. The molecule has 2 atom stereocenters. The molecular formula is C14H19NO3. The number of nitrogens with zero attached hydrogens (tertiary/aromatic N) is 1. The van der Waals surface area contributed by atoms with Crippen LogP contribution in [-0.2, 0) is 11.2 Å². The molecule has 0 bridgehead atoms. The second kappa shape index (κ2) is 5.48. The van der Waals surface area contributed by atoms with E-state index in [-0.39, 0.29) is 17.4 Å². The molecule has 0 aromatic heterocycles. The van der Waals surface area contributed by atoms with Crippen LogP contribution in [-0.4, -0.2) is 23.7 Å². The van der Waals surface area contributed by atoms with Crippen molar-refractivity contribution < 1.29 is 9.66 Å². The van der Waals surface area contributed by atoms with E-state index in [9.17, 15) is 10.1 Å². The third-order valence-electron chi connectivity index (χ3n) is 3.81. The van der Waals surface area contributed by atoms with Crippen molar-refractivity contribution >= 4 is 0 Å². The van der Waals surface area contributed by atoms with Gasteiger partial charge in [-0.2, -0.15) is 0 Å². The van der Waals surface area contributed by atoms with Gasteiger partial charge < -0.3 is 4.74 Å². The van der Waals surface area contributed by atoms with Gasteiger partial charge in [0, 0.05) is 17.8 Å². The van der Waals surface area contributed by atoms with E-state index in [1.807, 2.05) is 25.1 Å². The summed E-state index contributed by atoms with van der Waals surface area (Å²) in [7, 11) is 0. The zero-order valence-corrected chi connectivity index (χ0v) is 10.7.